The van der Waals surface area contributed by atoms with Gasteiger partial charge in [-0.15, -0.1) is 5.10 Å². The van der Waals surface area contributed by atoms with Crippen molar-refractivity contribution in [2.24, 2.45) is 0 Å². The molecular formula is C7H8F3N3O. The van der Waals surface area contributed by atoms with Crippen molar-refractivity contribution < 1.29 is 18.0 Å². The standard InChI is InChI=1S/C7H8F3N3O/c1-2-3-13-6(7(8,9)10)5(4-14)11-12-13/h4H,2-3H2,1H3. The third kappa shape index (κ3) is 1.91. The number of aldehydes is 1. The molecule has 14 heavy (non-hydrogen) atoms. The van der Waals surface area contributed by atoms with Gasteiger partial charge in [0.2, 0.25) is 0 Å². The lowest BCUT2D eigenvalue weighted by molar-refractivity contribution is -0.144. The first-order valence-electron chi connectivity index (χ1n) is 3.96. The smallest absolute Gasteiger partial charge is 0.296 e. The Kier molecular flexibility index (Phi) is 2.87. The fourth-order valence-electron chi connectivity index (χ4n) is 1.07. The molecule has 0 spiro atoms. The predicted molar refractivity (Wildman–Crippen MR) is 40.7 cm³/mol. The number of hydrogen-bond acceptors (Lipinski definition) is 3. The molecule has 1 rings (SSSR count). The Morgan fingerprint density at radius 2 is 2.14 bits per heavy atom. The molecule has 0 amide bonds. The van der Waals surface area contributed by atoms with Crippen LogP contribution < -0.4 is 0 Å². The molecule has 0 aromatic carbocycles. The second-order valence-electron chi connectivity index (χ2n) is 2.66. The van der Waals surface area contributed by atoms with Crippen molar-refractivity contribution in [2.45, 2.75) is 26.1 Å². The molecule has 0 saturated heterocycles. The van der Waals surface area contributed by atoms with Gasteiger partial charge in [-0.05, 0) is 6.42 Å². The maximum Gasteiger partial charge on any atom is 0.435 e. The minimum atomic E-state index is -4.59. The second kappa shape index (κ2) is 3.77. The quantitative estimate of drug-likeness (QED) is 0.706. The van der Waals surface area contributed by atoms with Gasteiger partial charge < -0.3 is 0 Å². The highest BCUT2D eigenvalue weighted by Crippen LogP contribution is 2.30. The Labute approximate surface area is 77.7 Å². The van der Waals surface area contributed by atoms with Gasteiger partial charge in [0.05, 0.1) is 0 Å². The normalized spacial score (nSPS) is 11.7. The summed E-state index contributed by atoms with van der Waals surface area (Å²) in [6.07, 6.45) is -4.04. The SMILES string of the molecule is CCCn1nnc(C=O)c1C(F)(F)F. The van der Waals surface area contributed by atoms with Crippen LogP contribution in [0.1, 0.15) is 29.5 Å². The summed E-state index contributed by atoms with van der Waals surface area (Å²) in [6, 6.07) is 0. The fourth-order valence-corrected chi connectivity index (χ4v) is 1.07. The van der Waals surface area contributed by atoms with E-state index < -0.39 is 17.6 Å². The lowest BCUT2D eigenvalue weighted by atomic mass is 10.3. The summed E-state index contributed by atoms with van der Waals surface area (Å²) < 4.78 is 37.9. The molecule has 0 fully saturated rings. The first-order chi connectivity index (χ1) is 6.50. The van der Waals surface area contributed by atoms with Gasteiger partial charge in [-0.25, -0.2) is 4.68 Å². The van der Waals surface area contributed by atoms with E-state index >= 15 is 0 Å². The van der Waals surface area contributed by atoms with Crippen molar-refractivity contribution in [1.82, 2.24) is 15.0 Å². The van der Waals surface area contributed by atoms with Crippen molar-refractivity contribution in [3.05, 3.63) is 11.4 Å². The summed E-state index contributed by atoms with van der Waals surface area (Å²) in [5, 5.41) is 6.40. The minimum absolute atomic E-state index is 0.0575. The molecule has 1 aromatic heterocycles. The molecule has 0 radical (unpaired) electrons. The van der Waals surface area contributed by atoms with E-state index in [1.165, 1.54) is 0 Å². The Morgan fingerprint density at radius 3 is 2.57 bits per heavy atom. The number of aromatic nitrogens is 3. The van der Waals surface area contributed by atoms with Crippen molar-refractivity contribution >= 4 is 6.29 Å². The highest BCUT2D eigenvalue weighted by molar-refractivity contribution is 5.73. The lowest BCUT2D eigenvalue weighted by Gasteiger charge is -2.08. The highest BCUT2D eigenvalue weighted by atomic mass is 19.4. The predicted octanol–water partition coefficient (Wildman–Crippen LogP) is 1.52. The van der Waals surface area contributed by atoms with Crippen LogP contribution in [0.5, 0.6) is 0 Å². The molecule has 1 heterocycles. The molecule has 0 atom stereocenters. The topological polar surface area (TPSA) is 47.8 Å². The number of alkyl halides is 3. The van der Waals surface area contributed by atoms with Gasteiger partial charge in [-0.2, -0.15) is 13.2 Å². The first-order valence-corrected chi connectivity index (χ1v) is 3.96. The van der Waals surface area contributed by atoms with Gasteiger partial charge in [0, 0.05) is 6.54 Å². The average Bonchev–Trinajstić information content (AvgIpc) is 2.47. The zero-order valence-electron chi connectivity index (χ0n) is 7.38. The van der Waals surface area contributed by atoms with Crippen LogP contribution >= 0.6 is 0 Å². The summed E-state index contributed by atoms with van der Waals surface area (Å²) in [5.41, 5.74) is -1.74. The average molecular weight is 207 g/mol. The van der Waals surface area contributed by atoms with Crippen LogP contribution in [0.4, 0.5) is 13.2 Å². The van der Waals surface area contributed by atoms with Gasteiger partial charge >= 0.3 is 6.18 Å². The number of halogens is 3. The maximum absolute atomic E-state index is 12.4. The molecule has 0 aliphatic heterocycles. The zero-order valence-corrected chi connectivity index (χ0v) is 7.38. The molecular weight excluding hydrogens is 199 g/mol. The first kappa shape index (κ1) is 10.7. The van der Waals surface area contributed by atoms with E-state index in [2.05, 4.69) is 10.3 Å². The maximum atomic E-state index is 12.4. The number of aryl methyl sites for hydroxylation is 1. The van der Waals surface area contributed by atoms with Gasteiger partial charge in [0.25, 0.3) is 0 Å². The number of hydrogen-bond donors (Lipinski definition) is 0. The van der Waals surface area contributed by atoms with Crippen molar-refractivity contribution in [1.29, 1.82) is 0 Å². The molecule has 0 aliphatic carbocycles. The van der Waals surface area contributed by atoms with Gasteiger partial charge in [-0.1, -0.05) is 12.1 Å². The van der Waals surface area contributed by atoms with Crippen LogP contribution in [0.15, 0.2) is 0 Å². The molecule has 78 valence electrons. The summed E-state index contributed by atoms with van der Waals surface area (Å²) in [6.45, 7) is 1.80. The van der Waals surface area contributed by atoms with E-state index in [0.717, 1.165) is 0 Å². The fraction of sp³-hybridized carbons (Fsp3) is 0.571. The summed E-state index contributed by atoms with van der Waals surface area (Å²) in [7, 11) is 0. The lowest BCUT2D eigenvalue weighted by Crippen LogP contribution is -2.16. The Balaban J connectivity index is 3.19. The minimum Gasteiger partial charge on any atom is -0.296 e. The van der Waals surface area contributed by atoms with Crippen LogP contribution in [0.25, 0.3) is 0 Å². The van der Waals surface area contributed by atoms with E-state index in [-0.39, 0.29) is 12.8 Å². The summed E-state index contributed by atoms with van der Waals surface area (Å²) in [4.78, 5) is 10.3. The van der Waals surface area contributed by atoms with E-state index in [9.17, 15) is 18.0 Å². The van der Waals surface area contributed by atoms with E-state index in [4.69, 9.17) is 0 Å². The molecule has 0 bridgehead atoms. The van der Waals surface area contributed by atoms with Crippen molar-refractivity contribution in [3.63, 3.8) is 0 Å². The Morgan fingerprint density at radius 1 is 1.50 bits per heavy atom. The third-order valence-electron chi connectivity index (χ3n) is 1.58. The number of nitrogens with zero attached hydrogens (tertiary/aromatic N) is 3. The molecule has 0 N–H and O–H groups in total. The summed E-state index contributed by atoms with van der Waals surface area (Å²) in [5.74, 6) is 0. The summed E-state index contributed by atoms with van der Waals surface area (Å²) >= 11 is 0. The monoisotopic (exact) mass is 207 g/mol. The highest BCUT2D eigenvalue weighted by Gasteiger charge is 2.39. The molecule has 0 aliphatic rings. The van der Waals surface area contributed by atoms with Gasteiger partial charge in [0.1, 0.15) is 0 Å². The molecule has 0 unspecified atom stereocenters. The molecule has 0 saturated carbocycles. The number of rotatable bonds is 3. The number of carbonyl (C=O) groups is 1. The van der Waals surface area contributed by atoms with Gasteiger partial charge in [0.15, 0.2) is 17.7 Å². The zero-order chi connectivity index (χ0) is 10.8. The third-order valence-corrected chi connectivity index (χ3v) is 1.58. The van der Waals surface area contributed by atoms with Crippen LogP contribution in [-0.4, -0.2) is 21.3 Å². The van der Waals surface area contributed by atoms with E-state index in [1.807, 2.05) is 0 Å². The van der Waals surface area contributed by atoms with Crippen LogP contribution in [0.3, 0.4) is 0 Å². The largest absolute Gasteiger partial charge is 0.435 e. The van der Waals surface area contributed by atoms with E-state index in [1.54, 1.807) is 6.92 Å². The molecule has 7 heteroatoms. The number of carbonyl (C=O) groups excluding carboxylic acids is 1. The van der Waals surface area contributed by atoms with Gasteiger partial charge in [-0.3, -0.25) is 4.79 Å². The van der Waals surface area contributed by atoms with E-state index in [0.29, 0.717) is 11.1 Å². The Bertz CT molecular complexity index is 331. The Hall–Kier alpha value is -1.40. The van der Waals surface area contributed by atoms with Crippen molar-refractivity contribution in [3.8, 4) is 0 Å². The molecule has 4 nitrogen and oxygen atoms in total. The molecule has 1 aromatic rings. The van der Waals surface area contributed by atoms with Crippen molar-refractivity contribution in [2.75, 3.05) is 0 Å². The van der Waals surface area contributed by atoms with Crippen LogP contribution in [0, 0.1) is 0 Å². The second-order valence-corrected chi connectivity index (χ2v) is 2.66. The van der Waals surface area contributed by atoms with Crippen LogP contribution in [0.2, 0.25) is 0 Å². The van der Waals surface area contributed by atoms with Crippen LogP contribution in [-0.2, 0) is 12.7 Å².